The van der Waals surface area contributed by atoms with E-state index >= 15 is 0 Å². The second-order valence-corrected chi connectivity index (χ2v) is 8.79. The summed E-state index contributed by atoms with van der Waals surface area (Å²) in [6.07, 6.45) is 6.64. The van der Waals surface area contributed by atoms with Crippen molar-refractivity contribution in [3.8, 4) is 0 Å². The van der Waals surface area contributed by atoms with Gasteiger partial charge in [0.1, 0.15) is 12.3 Å². The Kier molecular flexibility index (Phi) is 4.49. The molecule has 3 fully saturated rings. The van der Waals surface area contributed by atoms with Crippen LogP contribution in [0.1, 0.15) is 29.8 Å². The fraction of sp³-hybridized carbons (Fsp3) is 0.706. The van der Waals surface area contributed by atoms with Gasteiger partial charge in [-0.25, -0.2) is 4.98 Å². The summed E-state index contributed by atoms with van der Waals surface area (Å²) in [6.45, 7) is 3.42. The normalized spacial score (nSPS) is 24.8. The Morgan fingerprint density at radius 2 is 2.08 bits per heavy atom. The van der Waals surface area contributed by atoms with Crippen LogP contribution in [0.2, 0.25) is 0 Å². The molecule has 0 unspecified atom stereocenters. The lowest BCUT2D eigenvalue weighted by atomic mass is 9.92. The lowest BCUT2D eigenvalue weighted by molar-refractivity contribution is -0.136. The summed E-state index contributed by atoms with van der Waals surface area (Å²) < 4.78 is 7.75. The Bertz CT molecular complexity index is 665. The number of ether oxygens (including phenoxy) is 1. The summed E-state index contributed by atoms with van der Waals surface area (Å²) in [7, 11) is 1.86. The van der Waals surface area contributed by atoms with Crippen molar-refractivity contribution in [3.05, 3.63) is 18.2 Å². The van der Waals surface area contributed by atoms with E-state index in [0.717, 1.165) is 51.2 Å². The van der Waals surface area contributed by atoms with E-state index in [0.29, 0.717) is 5.69 Å². The number of carbonyl (C=O) groups is 2. The summed E-state index contributed by atoms with van der Waals surface area (Å²) in [6, 6.07) is 0. The average Bonchev–Trinajstić information content (AvgIpc) is 3.30. The van der Waals surface area contributed by atoms with Crippen LogP contribution < -0.4 is 0 Å². The minimum Gasteiger partial charge on any atom is -0.367 e. The number of hydrogen-bond acceptors (Lipinski definition) is 5. The van der Waals surface area contributed by atoms with Gasteiger partial charge in [0.05, 0.1) is 17.2 Å². The van der Waals surface area contributed by atoms with Crippen LogP contribution in [0.3, 0.4) is 0 Å². The number of imidazole rings is 1. The Labute approximate surface area is 151 Å². The third kappa shape index (κ3) is 3.42. The highest BCUT2D eigenvalue weighted by Gasteiger charge is 2.51. The minimum absolute atomic E-state index is 0.000375. The van der Waals surface area contributed by atoms with Crippen LogP contribution in [-0.2, 0) is 16.6 Å². The summed E-state index contributed by atoms with van der Waals surface area (Å²) in [4.78, 5) is 32.3. The molecule has 3 aliphatic rings. The maximum Gasteiger partial charge on any atom is 0.274 e. The van der Waals surface area contributed by atoms with E-state index in [1.54, 1.807) is 17.1 Å². The van der Waals surface area contributed by atoms with Crippen molar-refractivity contribution in [2.24, 2.45) is 7.05 Å². The van der Waals surface area contributed by atoms with Crippen molar-refractivity contribution in [1.29, 1.82) is 0 Å². The first kappa shape index (κ1) is 16.9. The predicted octanol–water partition coefficient (Wildman–Crippen LogP) is 0.759. The van der Waals surface area contributed by atoms with Gasteiger partial charge >= 0.3 is 0 Å². The molecule has 8 heteroatoms. The molecule has 1 aromatic heterocycles. The molecule has 0 radical (unpaired) electrons. The van der Waals surface area contributed by atoms with Gasteiger partial charge in [-0.05, 0) is 19.3 Å². The zero-order valence-electron chi connectivity index (χ0n) is 14.5. The Morgan fingerprint density at radius 1 is 1.32 bits per heavy atom. The Morgan fingerprint density at radius 3 is 2.76 bits per heavy atom. The summed E-state index contributed by atoms with van der Waals surface area (Å²) in [5.74, 6) is 1.02. The van der Waals surface area contributed by atoms with Gasteiger partial charge in [0.15, 0.2) is 0 Å². The first-order chi connectivity index (χ1) is 12.0. The van der Waals surface area contributed by atoms with Gasteiger partial charge in [-0.2, -0.15) is 0 Å². The van der Waals surface area contributed by atoms with Gasteiger partial charge < -0.3 is 19.1 Å². The standard InChI is InChI=1S/C17H24N4O3S/c1-19-7-14(18-12-19)16(23)21-10-17(11-21)6-13(9-25-17)24-8-15(22)20-4-2-3-5-20/h7,12-13H,2-6,8-11H2,1H3/t13-/m1/s1. The molecule has 3 saturated heterocycles. The number of nitrogens with zero attached hydrogens (tertiary/aromatic N) is 4. The van der Waals surface area contributed by atoms with Crippen LogP contribution in [0.5, 0.6) is 0 Å². The number of rotatable bonds is 4. The molecule has 3 aliphatic heterocycles. The first-order valence-corrected chi connectivity index (χ1v) is 9.84. The number of aryl methyl sites for hydroxylation is 1. The molecule has 4 heterocycles. The quantitative estimate of drug-likeness (QED) is 0.789. The molecule has 1 aromatic rings. The molecule has 2 amide bonds. The number of likely N-dealkylation sites (tertiary alicyclic amines) is 2. The van der Waals surface area contributed by atoms with E-state index in [1.807, 2.05) is 28.6 Å². The topological polar surface area (TPSA) is 67.7 Å². The predicted molar refractivity (Wildman–Crippen MR) is 94.5 cm³/mol. The second kappa shape index (κ2) is 6.64. The molecule has 0 N–H and O–H groups in total. The van der Waals surface area contributed by atoms with Gasteiger partial charge in [-0.3, -0.25) is 9.59 Å². The molecule has 0 aliphatic carbocycles. The van der Waals surface area contributed by atoms with Gasteiger partial charge in [-0.15, -0.1) is 11.8 Å². The van der Waals surface area contributed by atoms with E-state index in [9.17, 15) is 9.59 Å². The van der Waals surface area contributed by atoms with E-state index < -0.39 is 0 Å². The molecule has 0 bridgehead atoms. The van der Waals surface area contributed by atoms with E-state index in [1.165, 1.54) is 0 Å². The third-order valence-electron chi connectivity index (χ3n) is 5.25. The Balaban J connectivity index is 1.23. The SMILES string of the molecule is Cn1cnc(C(=O)N2CC3(C[C@@H](OCC(=O)N4CCCC4)CS3)C2)c1. The van der Waals surface area contributed by atoms with Crippen LogP contribution in [0.4, 0.5) is 0 Å². The maximum atomic E-state index is 12.4. The van der Waals surface area contributed by atoms with Crippen molar-refractivity contribution in [2.75, 3.05) is 38.5 Å². The van der Waals surface area contributed by atoms with E-state index in [2.05, 4.69) is 4.98 Å². The van der Waals surface area contributed by atoms with Crippen LogP contribution in [0, 0.1) is 0 Å². The molecule has 136 valence electrons. The van der Waals surface area contributed by atoms with Crippen LogP contribution in [-0.4, -0.2) is 80.6 Å². The lowest BCUT2D eigenvalue weighted by Gasteiger charge is -2.47. The summed E-state index contributed by atoms with van der Waals surface area (Å²) >= 11 is 1.88. The molecular formula is C17H24N4O3S. The molecule has 0 saturated carbocycles. The zero-order chi connectivity index (χ0) is 17.4. The van der Waals surface area contributed by atoms with Crippen molar-refractivity contribution < 1.29 is 14.3 Å². The number of amides is 2. The molecular weight excluding hydrogens is 340 g/mol. The van der Waals surface area contributed by atoms with E-state index in [4.69, 9.17) is 4.74 Å². The average molecular weight is 364 g/mol. The zero-order valence-corrected chi connectivity index (χ0v) is 15.3. The highest BCUT2D eigenvalue weighted by Crippen LogP contribution is 2.46. The summed E-state index contributed by atoms with van der Waals surface area (Å²) in [5.41, 5.74) is 0.504. The van der Waals surface area contributed by atoms with Crippen molar-refractivity contribution in [1.82, 2.24) is 19.4 Å². The number of carbonyl (C=O) groups excluding carboxylic acids is 2. The molecule has 1 atom stereocenters. The van der Waals surface area contributed by atoms with Crippen LogP contribution in [0.15, 0.2) is 12.5 Å². The lowest BCUT2D eigenvalue weighted by Crippen LogP contribution is -2.60. The van der Waals surface area contributed by atoms with Crippen molar-refractivity contribution in [2.45, 2.75) is 30.1 Å². The molecule has 7 nitrogen and oxygen atoms in total. The maximum absolute atomic E-state index is 12.4. The molecule has 1 spiro atoms. The van der Waals surface area contributed by atoms with Crippen molar-refractivity contribution >= 4 is 23.6 Å². The monoisotopic (exact) mass is 364 g/mol. The Hall–Kier alpha value is -1.54. The van der Waals surface area contributed by atoms with Gasteiger partial charge in [-0.1, -0.05) is 0 Å². The largest absolute Gasteiger partial charge is 0.367 e. The molecule has 25 heavy (non-hydrogen) atoms. The van der Waals surface area contributed by atoms with Crippen molar-refractivity contribution in [3.63, 3.8) is 0 Å². The molecule has 4 rings (SSSR count). The summed E-state index contributed by atoms with van der Waals surface area (Å²) in [5, 5.41) is 0. The number of hydrogen-bond donors (Lipinski definition) is 0. The van der Waals surface area contributed by atoms with Gasteiger partial charge in [0.2, 0.25) is 5.91 Å². The van der Waals surface area contributed by atoms with Gasteiger partial charge in [0.25, 0.3) is 5.91 Å². The first-order valence-electron chi connectivity index (χ1n) is 8.85. The number of thioether (sulfide) groups is 1. The van der Waals surface area contributed by atoms with Gasteiger partial charge in [0, 0.05) is 45.2 Å². The van der Waals surface area contributed by atoms with E-state index in [-0.39, 0.29) is 29.3 Å². The number of aromatic nitrogens is 2. The van der Waals surface area contributed by atoms with Crippen LogP contribution >= 0.6 is 11.8 Å². The fourth-order valence-electron chi connectivity index (χ4n) is 3.86. The fourth-order valence-corrected chi connectivity index (χ4v) is 5.41. The highest BCUT2D eigenvalue weighted by atomic mass is 32.2. The smallest absolute Gasteiger partial charge is 0.274 e. The second-order valence-electron chi connectivity index (χ2n) is 7.30. The van der Waals surface area contributed by atoms with Crippen LogP contribution in [0.25, 0.3) is 0 Å². The minimum atomic E-state index is 0.000375. The highest BCUT2D eigenvalue weighted by molar-refractivity contribution is 8.01. The third-order valence-corrected chi connectivity index (χ3v) is 6.82. The molecule has 0 aromatic carbocycles.